The number of nitro groups is 1. The van der Waals surface area contributed by atoms with E-state index < -0.39 is 10.9 Å². The van der Waals surface area contributed by atoms with Gasteiger partial charge in [-0.25, -0.2) is 9.79 Å². The van der Waals surface area contributed by atoms with Crippen molar-refractivity contribution >= 4 is 23.6 Å². The van der Waals surface area contributed by atoms with Crippen LogP contribution in [0.3, 0.4) is 0 Å². The average Bonchev–Trinajstić information content (AvgIpc) is 2.96. The van der Waals surface area contributed by atoms with Crippen LogP contribution in [0.15, 0.2) is 53.2 Å². The fourth-order valence-corrected chi connectivity index (χ4v) is 2.36. The maximum Gasteiger partial charge on any atom is 0.363 e. The zero-order valence-electron chi connectivity index (χ0n) is 13.6. The number of carbonyl (C=O) groups excluding carboxylic acids is 1. The molecule has 0 bridgehead atoms. The molecule has 0 saturated heterocycles. The monoisotopic (exact) mass is 338 g/mol. The van der Waals surface area contributed by atoms with E-state index in [-0.39, 0.29) is 17.3 Å². The number of rotatable bonds is 4. The minimum absolute atomic E-state index is 0.0437. The van der Waals surface area contributed by atoms with Gasteiger partial charge in [0.15, 0.2) is 5.70 Å². The van der Waals surface area contributed by atoms with Crippen molar-refractivity contribution in [1.29, 1.82) is 0 Å². The van der Waals surface area contributed by atoms with E-state index in [1.165, 1.54) is 6.07 Å². The second-order valence-corrected chi connectivity index (χ2v) is 5.37. The molecule has 2 aromatic carbocycles. The molecule has 0 aromatic heterocycles. The molecule has 0 aliphatic carbocycles. The molecule has 7 heteroatoms. The molecule has 2 aromatic rings. The van der Waals surface area contributed by atoms with Gasteiger partial charge in [0.25, 0.3) is 5.69 Å². The predicted octanol–water partition coefficient (Wildman–Crippen LogP) is 3.26. The molecule has 1 heterocycles. The van der Waals surface area contributed by atoms with Crippen LogP contribution >= 0.6 is 0 Å². The highest BCUT2D eigenvalue weighted by atomic mass is 16.6. The van der Waals surface area contributed by atoms with Crippen LogP contribution in [0.2, 0.25) is 0 Å². The molecular weight excluding hydrogens is 324 g/mol. The van der Waals surface area contributed by atoms with Crippen LogP contribution < -0.4 is 4.74 Å². The van der Waals surface area contributed by atoms with E-state index in [9.17, 15) is 14.9 Å². The van der Waals surface area contributed by atoms with Crippen molar-refractivity contribution in [3.63, 3.8) is 0 Å². The van der Waals surface area contributed by atoms with Gasteiger partial charge in [0.05, 0.1) is 12.0 Å². The van der Waals surface area contributed by atoms with Crippen molar-refractivity contribution < 1.29 is 19.2 Å². The lowest BCUT2D eigenvalue weighted by Crippen LogP contribution is -2.06. The lowest BCUT2D eigenvalue weighted by atomic mass is 10.1. The van der Waals surface area contributed by atoms with Gasteiger partial charge >= 0.3 is 5.97 Å². The molecule has 0 spiro atoms. The van der Waals surface area contributed by atoms with Gasteiger partial charge in [0.1, 0.15) is 5.75 Å². The summed E-state index contributed by atoms with van der Waals surface area (Å²) < 4.78 is 10.3. The lowest BCUT2D eigenvalue weighted by molar-refractivity contribution is -0.385. The largest absolute Gasteiger partial charge is 0.497 e. The first-order chi connectivity index (χ1) is 12.0. The van der Waals surface area contributed by atoms with E-state index in [1.54, 1.807) is 56.5 Å². The summed E-state index contributed by atoms with van der Waals surface area (Å²) in [4.78, 5) is 26.8. The zero-order valence-corrected chi connectivity index (χ0v) is 13.6. The fourth-order valence-electron chi connectivity index (χ4n) is 2.36. The number of aliphatic imine (C=N–C) groups is 1. The van der Waals surface area contributed by atoms with Gasteiger partial charge in [-0.2, -0.15) is 0 Å². The molecule has 1 aliphatic heterocycles. The highest BCUT2D eigenvalue weighted by Crippen LogP contribution is 2.24. The summed E-state index contributed by atoms with van der Waals surface area (Å²) in [7, 11) is 1.55. The lowest BCUT2D eigenvalue weighted by Gasteiger charge is -2.01. The van der Waals surface area contributed by atoms with Gasteiger partial charge in [0, 0.05) is 17.2 Å². The Morgan fingerprint density at radius 3 is 2.76 bits per heavy atom. The third-order valence-corrected chi connectivity index (χ3v) is 3.67. The summed E-state index contributed by atoms with van der Waals surface area (Å²) in [5.41, 5.74) is 1.68. The highest BCUT2D eigenvalue weighted by molar-refractivity contribution is 6.13. The van der Waals surface area contributed by atoms with Crippen molar-refractivity contribution in [2.24, 2.45) is 4.99 Å². The minimum atomic E-state index is -0.610. The minimum Gasteiger partial charge on any atom is -0.497 e. The summed E-state index contributed by atoms with van der Waals surface area (Å²) in [5.74, 6) is 0.0855. The molecule has 7 nitrogen and oxygen atoms in total. The first kappa shape index (κ1) is 16.4. The molecule has 0 fully saturated rings. The second kappa shape index (κ2) is 6.56. The van der Waals surface area contributed by atoms with Gasteiger partial charge < -0.3 is 9.47 Å². The number of esters is 1. The molecule has 1 aliphatic rings. The Labute approximate surface area is 143 Å². The first-order valence-electron chi connectivity index (χ1n) is 7.40. The molecule has 0 radical (unpaired) electrons. The Morgan fingerprint density at radius 1 is 1.24 bits per heavy atom. The number of cyclic esters (lactones) is 1. The van der Waals surface area contributed by atoms with E-state index >= 15 is 0 Å². The Kier molecular flexibility index (Phi) is 4.30. The van der Waals surface area contributed by atoms with Gasteiger partial charge in [-0.3, -0.25) is 10.1 Å². The van der Waals surface area contributed by atoms with Gasteiger partial charge in [0.2, 0.25) is 5.90 Å². The number of benzene rings is 2. The van der Waals surface area contributed by atoms with E-state index in [0.717, 1.165) is 5.56 Å². The summed E-state index contributed by atoms with van der Waals surface area (Å²) in [5, 5.41) is 11.1. The van der Waals surface area contributed by atoms with Gasteiger partial charge in [-0.05, 0) is 36.8 Å². The molecule has 0 N–H and O–H groups in total. The van der Waals surface area contributed by atoms with Crippen LogP contribution in [-0.2, 0) is 9.53 Å². The highest BCUT2D eigenvalue weighted by Gasteiger charge is 2.25. The number of carbonyl (C=O) groups is 1. The molecule has 0 saturated carbocycles. The number of ether oxygens (including phenoxy) is 2. The van der Waals surface area contributed by atoms with Gasteiger partial charge in [-0.1, -0.05) is 18.2 Å². The number of hydrogen-bond acceptors (Lipinski definition) is 6. The molecule has 0 unspecified atom stereocenters. The molecule has 3 rings (SSSR count). The van der Waals surface area contributed by atoms with E-state index in [2.05, 4.69) is 4.99 Å². The Hall–Kier alpha value is -3.48. The summed E-state index contributed by atoms with van der Waals surface area (Å²) in [6, 6.07) is 11.7. The number of hydrogen-bond donors (Lipinski definition) is 0. The fraction of sp³-hybridized carbons (Fsp3) is 0.111. The predicted molar refractivity (Wildman–Crippen MR) is 91.4 cm³/mol. The van der Waals surface area contributed by atoms with Gasteiger partial charge in [-0.15, -0.1) is 0 Å². The summed E-state index contributed by atoms with van der Waals surface area (Å²) in [6.45, 7) is 1.64. The maximum absolute atomic E-state index is 12.0. The standard InChI is InChI=1S/C18H14N2O5/c1-11-6-7-13(10-16(11)20(22)23)17-19-15(18(21)25-17)9-12-4-3-5-14(8-12)24-2/h3-10H,1-2H3/b15-9-. The maximum atomic E-state index is 12.0. The Balaban J connectivity index is 1.96. The van der Waals surface area contributed by atoms with Crippen molar-refractivity contribution in [2.75, 3.05) is 7.11 Å². The Bertz CT molecular complexity index is 931. The Morgan fingerprint density at radius 2 is 2.04 bits per heavy atom. The van der Waals surface area contributed by atoms with Crippen LogP contribution in [0.5, 0.6) is 5.75 Å². The molecule has 25 heavy (non-hydrogen) atoms. The topological polar surface area (TPSA) is 91.0 Å². The smallest absolute Gasteiger partial charge is 0.363 e. The first-order valence-corrected chi connectivity index (χ1v) is 7.40. The third-order valence-electron chi connectivity index (χ3n) is 3.67. The van der Waals surface area contributed by atoms with E-state index in [4.69, 9.17) is 9.47 Å². The van der Waals surface area contributed by atoms with E-state index in [1.807, 2.05) is 0 Å². The summed E-state index contributed by atoms with van der Waals surface area (Å²) >= 11 is 0. The molecule has 126 valence electrons. The van der Waals surface area contributed by atoms with Crippen LogP contribution in [0, 0.1) is 17.0 Å². The van der Waals surface area contributed by atoms with Crippen LogP contribution in [0.1, 0.15) is 16.7 Å². The second-order valence-electron chi connectivity index (χ2n) is 5.37. The van der Waals surface area contributed by atoms with Crippen LogP contribution in [0.4, 0.5) is 5.69 Å². The number of nitrogens with zero attached hydrogens (tertiary/aromatic N) is 2. The quantitative estimate of drug-likeness (QED) is 0.369. The molecule has 0 amide bonds. The van der Waals surface area contributed by atoms with Crippen molar-refractivity contribution in [2.45, 2.75) is 6.92 Å². The molecular formula is C18H14N2O5. The van der Waals surface area contributed by atoms with Crippen LogP contribution in [-0.4, -0.2) is 23.9 Å². The van der Waals surface area contributed by atoms with Crippen molar-refractivity contribution in [3.8, 4) is 5.75 Å². The SMILES string of the molecule is COc1cccc(/C=C2\N=C(c3ccc(C)c([N+](=O)[O-])c3)OC2=O)c1. The van der Waals surface area contributed by atoms with Crippen molar-refractivity contribution in [3.05, 3.63) is 75.0 Å². The normalized spacial score (nSPS) is 15.0. The number of methoxy groups -OCH3 is 1. The number of aryl methyl sites for hydroxylation is 1. The van der Waals surface area contributed by atoms with Crippen LogP contribution in [0.25, 0.3) is 6.08 Å². The third kappa shape index (κ3) is 3.40. The van der Waals surface area contributed by atoms with Crippen molar-refractivity contribution in [1.82, 2.24) is 0 Å². The number of nitro benzene ring substituents is 1. The zero-order chi connectivity index (χ0) is 18.0. The summed E-state index contributed by atoms with van der Waals surface area (Å²) in [6.07, 6.45) is 1.57. The molecule has 0 atom stereocenters. The van der Waals surface area contributed by atoms with E-state index in [0.29, 0.717) is 16.9 Å². The average molecular weight is 338 g/mol.